The molecule has 4 rings (SSSR count). The fourth-order valence-electron chi connectivity index (χ4n) is 3.80. The van der Waals surface area contributed by atoms with Gasteiger partial charge in [0.15, 0.2) is 5.82 Å². The average Bonchev–Trinajstić information content (AvgIpc) is 3.38. The van der Waals surface area contributed by atoms with Gasteiger partial charge in [0.25, 0.3) is 0 Å². The number of nitrogens with zero attached hydrogens (tertiary/aromatic N) is 3. The molecule has 29 heavy (non-hydrogen) atoms. The van der Waals surface area contributed by atoms with Crippen molar-refractivity contribution in [3.05, 3.63) is 18.2 Å². The van der Waals surface area contributed by atoms with Crippen LogP contribution in [0.2, 0.25) is 0 Å². The van der Waals surface area contributed by atoms with Gasteiger partial charge in [-0.05, 0) is 38.1 Å². The first-order valence-electron chi connectivity index (χ1n) is 9.56. The molecule has 2 aliphatic heterocycles. The van der Waals surface area contributed by atoms with Crippen LogP contribution in [0.15, 0.2) is 12.4 Å². The molecule has 1 saturated carbocycles. The lowest BCUT2D eigenvalue weighted by atomic mass is 9.88. The SMILES string of the molecule is Fc1cnc(NC2COC3(CCCN(CC4CC4)C3)C2)nc1.O=C(O)C(F)(F)F. The van der Waals surface area contributed by atoms with Crippen molar-refractivity contribution >= 4 is 11.9 Å². The minimum atomic E-state index is -5.08. The minimum absolute atomic E-state index is 0.00909. The summed E-state index contributed by atoms with van der Waals surface area (Å²) >= 11 is 0. The Hall–Kier alpha value is -2.01. The van der Waals surface area contributed by atoms with Crippen molar-refractivity contribution < 1.29 is 32.2 Å². The number of nitrogens with one attached hydrogen (secondary N) is 1. The summed E-state index contributed by atoms with van der Waals surface area (Å²) in [4.78, 5) is 19.4. The Balaban J connectivity index is 0.000000298. The fraction of sp³-hybridized carbons (Fsp3) is 0.722. The highest BCUT2D eigenvalue weighted by molar-refractivity contribution is 5.73. The molecule has 0 radical (unpaired) electrons. The molecule has 2 saturated heterocycles. The number of piperidine rings is 1. The van der Waals surface area contributed by atoms with E-state index < -0.39 is 18.0 Å². The zero-order valence-electron chi connectivity index (χ0n) is 15.8. The Bertz CT molecular complexity index is 699. The van der Waals surface area contributed by atoms with Crippen LogP contribution in [0.5, 0.6) is 0 Å². The van der Waals surface area contributed by atoms with E-state index in [1.165, 1.54) is 44.7 Å². The van der Waals surface area contributed by atoms with Gasteiger partial charge in [0.05, 0.1) is 30.6 Å². The second kappa shape index (κ2) is 8.78. The van der Waals surface area contributed by atoms with Crippen molar-refractivity contribution in [2.45, 2.75) is 49.9 Å². The number of likely N-dealkylation sites (tertiary alicyclic amines) is 1. The van der Waals surface area contributed by atoms with Gasteiger partial charge in [0.1, 0.15) is 0 Å². The third-order valence-electron chi connectivity index (χ3n) is 5.24. The quantitative estimate of drug-likeness (QED) is 0.724. The molecule has 1 aromatic heterocycles. The molecule has 7 nitrogen and oxygen atoms in total. The highest BCUT2D eigenvalue weighted by atomic mass is 19.4. The van der Waals surface area contributed by atoms with Gasteiger partial charge in [-0.2, -0.15) is 13.2 Å². The van der Waals surface area contributed by atoms with Crippen molar-refractivity contribution in [1.82, 2.24) is 14.9 Å². The van der Waals surface area contributed by atoms with E-state index in [9.17, 15) is 17.6 Å². The molecule has 11 heteroatoms. The molecule has 1 aliphatic carbocycles. The maximum atomic E-state index is 12.9. The van der Waals surface area contributed by atoms with Crippen LogP contribution in [-0.2, 0) is 9.53 Å². The van der Waals surface area contributed by atoms with Crippen molar-refractivity contribution in [3.8, 4) is 0 Å². The number of alkyl halides is 3. The molecule has 1 spiro atoms. The van der Waals surface area contributed by atoms with E-state index in [0.717, 1.165) is 25.3 Å². The maximum absolute atomic E-state index is 12.9. The smallest absolute Gasteiger partial charge is 0.475 e. The number of aromatic nitrogens is 2. The van der Waals surface area contributed by atoms with Gasteiger partial charge in [0, 0.05) is 19.5 Å². The number of carboxylic acids is 1. The van der Waals surface area contributed by atoms with Crippen LogP contribution >= 0.6 is 0 Å². The molecule has 162 valence electrons. The molecular formula is C18H24F4N4O3. The van der Waals surface area contributed by atoms with E-state index in [1.54, 1.807) is 0 Å². The summed E-state index contributed by atoms with van der Waals surface area (Å²) in [6.45, 7) is 4.18. The van der Waals surface area contributed by atoms with Gasteiger partial charge in [-0.1, -0.05) is 0 Å². The van der Waals surface area contributed by atoms with Gasteiger partial charge in [-0.15, -0.1) is 0 Å². The molecular weight excluding hydrogens is 396 g/mol. The van der Waals surface area contributed by atoms with E-state index >= 15 is 0 Å². The average molecular weight is 420 g/mol. The summed E-state index contributed by atoms with van der Waals surface area (Å²) in [6.07, 6.45) is 3.43. The predicted molar refractivity (Wildman–Crippen MR) is 94.8 cm³/mol. The second-order valence-corrected chi connectivity index (χ2v) is 7.85. The summed E-state index contributed by atoms with van der Waals surface area (Å²) in [5.41, 5.74) is -0.00909. The number of carbonyl (C=O) groups is 1. The van der Waals surface area contributed by atoms with Crippen molar-refractivity contribution in [2.24, 2.45) is 5.92 Å². The first kappa shape index (κ1) is 21.7. The van der Waals surface area contributed by atoms with Gasteiger partial charge >= 0.3 is 12.1 Å². The van der Waals surface area contributed by atoms with Crippen LogP contribution in [0, 0.1) is 11.7 Å². The van der Waals surface area contributed by atoms with Crippen LogP contribution in [0.3, 0.4) is 0 Å². The molecule has 0 aromatic carbocycles. The first-order chi connectivity index (χ1) is 13.7. The molecule has 2 unspecified atom stereocenters. The molecule has 3 aliphatic rings. The molecule has 2 atom stereocenters. The van der Waals surface area contributed by atoms with Crippen LogP contribution < -0.4 is 5.32 Å². The van der Waals surface area contributed by atoms with E-state index in [0.29, 0.717) is 12.6 Å². The number of aliphatic carboxylic acids is 1. The molecule has 3 fully saturated rings. The molecule has 3 heterocycles. The van der Waals surface area contributed by atoms with Crippen molar-refractivity contribution in [3.63, 3.8) is 0 Å². The Morgan fingerprint density at radius 3 is 2.59 bits per heavy atom. The van der Waals surface area contributed by atoms with E-state index in [1.807, 2.05) is 0 Å². The summed E-state index contributed by atoms with van der Waals surface area (Å²) in [6, 6.07) is 0.214. The maximum Gasteiger partial charge on any atom is 0.490 e. The summed E-state index contributed by atoms with van der Waals surface area (Å²) in [7, 11) is 0. The van der Waals surface area contributed by atoms with Crippen LogP contribution in [0.4, 0.5) is 23.5 Å². The van der Waals surface area contributed by atoms with Crippen LogP contribution in [0.25, 0.3) is 0 Å². The number of halogens is 4. The lowest BCUT2D eigenvalue weighted by Crippen LogP contribution is -2.48. The second-order valence-electron chi connectivity index (χ2n) is 7.85. The Morgan fingerprint density at radius 2 is 2.00 bits per heavy atom. The lowest BCUT2D eigenvalue weighted by Gasteiger charge is -2.39. The highest BCUT2D eigenvalue weighted by Gasteiger charge is 2.44. The van der Waals surface area contributed by atoms with Gasteiger partial charge < -0.3 is 20.1 Å². The largest absolute Gasteiger partial charge is 0.490 e. The predicted octanol–water partition coefficient (Wildman–Crippen LogP) is 2.69. The number of rotatable bonds is 4. The molecule has 0 amide bonds. The minimum Gasteiger partial charge on any atom is -0.475 e. The fourth-order valence-corrected chi connectivity index (χ4v) is 3.80. The topological polar surface area (TPSA) is 87.6 Å². The Labute approximate surface area is 165 Å². The van der Waals surface area contributed by atoms with Gasteiger partial charge in [-0.3, -0.25) is 0 Å². The zero-order chi connectivity index (χ0) is 21.1. The van der Waals surface area contributed by atoms with Crippen LogP contribution in [-0.4, -0.2) is 70.0 Å². The van der Waals surface area contributed by atoms with E-state index in [-0.39, 0.29) is 11.6 Å². The number of carboxylic acid groups (broad SMARTS) is 1. The standard InChI is InChI=1S/C16H23FN4O.C2HF3O2/c17-13-7-18-15(19-8-13)20-14-6-16(22-10-14)4-1-5-21(11-16)9-12-2-3-12;3-2(4,5)1(6)7/h7-8,12,14H,1-6,9-11H2,(H,18,19,20);(H,6,7). The summed E-state index contributed by atoms with van der Waals surface area (Å²) < 4.78 is 50.8. The molecule has 1 aromatic rings. The number of hydrogen-bond acceptors (Lipinski definition) is 6. The third kappa shape index (κ3) is 6.49. The van der Waals surface area contributed by atoms with E-state index in [4.69, 9.17) is 14.6 Å². The summed E-state index contributed by atoms with van der Waals surface area (Å²) in [5.74, 6) is -1.75. The highest BCUT2D eigenvalue weighted by Crippen LogP contribution is 2.37. The zero-order valence-corrected chi connectivity index (χ0v) is 15.8. The summed E-state index contributed by atoms with van der Waals surface area (Å²) in [5, 5.41) is 10.4. The first-order valence-corrected chi connectivity index (χ1v) is 9.56. The van der Waals surface area contributed by atoms with Crippen LogP contribution in [0.1, 0.15) is 32.1 Å². The Kier molecular flexibility index (Phi) is 6.57. The van der Waals surface area contributed by atoms with E-state index in [2.05, 4.69) is 20.2 Å². The van der Waals surface area contributed by atoms with Crippen molar-refractivity contribution in [1.29, 1.82) is 0 Å². The van der Waals surface area contributed by atoms with Crippen molar-refractivity contribution in [2.75, 3.05) is 31.6 Å². The number of anilines is 1. The lowest BCUT2D eigenvalue weighted by molar-refractivity contribution is -0.192. The third-order valence-corrected chi connectivity index (χ3v) is 5.24. The molecule has 0 bridgehead atoms. The Morgan fingerprint density at radius 1 is 1.34 bits per heavy atom. The molecule has 2 N–H and O–H groups in total. The monoisotopic (exact) mass is 420 g/mol. The normalized spacial score (nSPS) is 27.4. The van der Waals surface area contributed by atoms with Gasteiger partial charge in [-0.25, -0.2) is 19.2 Å². The van der Waals surface area contributed by atoms with Gasteiger partial charge in [0.2, 0.25) is 5.95 Å². The number of hydrogen-bond donors (Lipinski definition) is 2. The number of ether oxygens (including phenoxy) is 1.